The van der Waals surface area contributed by atoms with E-state index in [-0.39, 0.29) is 17.2 Å². The molecule has 0 saturated heterocycles. The normalized spacial score (nSPS) is 11.6. The Morgan fingerprint density at radius 2 is 1.63 bits per heavy atom. The summed E-state index contributed by atoms with van der Waals surface area (Å²) in [6.45, 7) is 6.08. The number of halogens is 3. The molecule has 5 nitrogen and oxygen atoms in total. The van der Waals surface area contributed by atoms with Crippen molar-refractivity contribution in [3.8, 4) is 6.07 Å². The third kappa shape index (κ3) is 5.06. The fourth-order valence-electron chi connectivity index (χ4n) is 2.70. The lowest BCUT2D eigenvalue weighted by Crippen LogP contribution is -2.14. The summed E-state index contributed by atoms with van der Waals surface area (Å²) in [5.41, 5.74) is 1.37. The van der Waals surface area contributed by atoms with Crippen molar-refractivity contribution < 1.29 is 13.2 Å². The van der Waals surface area contributed by atoms with Crippen molar-refractivity contribution in [1.29, 1.82) is 5.26 Å². The molecule has 0 radical (unpaired) electrons. The van der Waals surface area contributed by atoms with Crippen LogP contribution < -0.4 is 10.6 Å². The summed E-state index contributed by atoms with van der Waals surface area (Å²) in [6.07, 6.45) is -3.87. The number of alkyl halides is 3. The number of aromatic nitrogens is 2. The third-order valence-electron chi connectivity index (χ3n) is 4.36. The molecular formula is C22H20F3N5. The van der Waals surface area contributed by atoms with Crippen molar-refractivity contribution in [2.45, 2.75) is 32.4 Å². The molecule has 0 atom stereocenters. The van der Waals surface area contributed by atoms with Crippen LogP contribution in [0, 0.1) is 11.3 Å². The van der Waals surface area contributed by atoms with Crippen LogP contribution in [0.15, 0.2) is 54.7 Å². The molecule has 0 aliphatic heterocycles. The van der Waals surface area contributed by atoms with E-state index in [4.69, 9.17) is 5.26 Å². The molecule has 8 heteroatoms. The highest BCUT2D eigenvalue weighted by molar-refractivity contribution is 5.64. The highest BCUT2D eigenvalue weighted by Crippen LogP contribution is 2.36. The zero-order valence-electron chi connectivity index (χ0n) is 16.7. The monoisotopic (exact) mass is 411 g/mol. The van der Waals surface area contributed by atoms with Crippen molar-refractivity contribution in [3.63, 3.8) is 0 Å². The summed E-state index contributed by atoms with van der Waals surface area (Å²) in [5.74, 6) is -0.345. The summed E-state index contributed by atoms with van der Waals surface area (Å²) >= 11 is 0. The summed E-state index contributed by atoms with van der Waals surface area (Å²) in [4.78, 5) is 7.84. The van der Waals surface area contributed by atoms with Crippen LogP contribution in [0.2, 0.25) is 0 Å². The van der Waals surface area contributed by atoms with Crippen molar-refractivity contribution in [1.82, 2.24) is 9.97 Å². The predicted octanol–water partition coefficient (Wildman–Crippen LogP) is 6.15. The molecule has 0 saturated carbocycles. The highest BCUT2D eigenvalue weighted by atomic mass is 19.4. The van der Waals surface area contributed by atoms with Gasteiger partial charge in [-0.25, -0.2) is 4.98 Å². The third-order valence-corrected chi connectivity index (χ3v) is 4.36. The van der Waals surface area contributed by atoms with Gasteiger partial charge in [0, 0.05) is 17.6 Å². The molecule has 3 aromatic rings. The van der Waals surface area contributed by atoms with Crippen LogP contribution in [-0.2, 0) is 11.6 Å². The van der Waals surface area contributed by atoms with E-state index in [1.165, 1.54) is 0 Å². The second-order valence-corrected chi connectivity index (χ2v) is 7.72. The minimum atomic E-state index is -4.61. The smallest absolute Gasteiger partial charge is 0.340 e. The largest absolute Gasteiger partial charge is 0.421 e. The number of nitrogens with one attached hydrogen (secondary N) is 2. The second-order valence-electron chi connectivity index (χ2n) is 7.72. The van der Waals surface area contributed by atoms with Crippen LogP contribution >= 0.6 is 0 Å². The highest BCUT2D eigenvalue weighted by Gasteiger charge is 2.35. The van der Waals surface area contributed by atoms with E-state index < -0.39 is 11.7 Å². The maximum Gasteiger partial charge on any atom is 0.421 e. The molecule has 0 fully saturated rings. The van der Waals surface area contributed by atoms with Crippen LogP contribution in [-0.4, -0.2) is 9.97 Å². The molecule has 0 unspecified atom stereocenters. The zero-order valence-corrected chi connectivity index (χ0v) is 16.7. The summed E-state index contributed by atoms with van der Waals surface area (Å²) in [6, 6.07) is 15.6. The molecule has 154 valence electrons. The van der Waals surface area contributed by atoms with Gasteiger partial charge in [-0.05, 0) is 47.4 Å². The lowest BCUT2D eigenvalue weighted by molar-refractivity contribution is -0.137. The summed E-state index contributed by atoms with van der Waals surface area (Å²) in [5, 5.41) is 14.5. The van der Waals surface area contributed by atoms with Crippen molar-refractivity contribution >= 4 is 23.1 Å². The molecule has 2 aromatic carbocycles. The average Bonchev–Trinajstić information content (AvgIpc) is 2.67. The Morgan fingerprint density at radius 3 is 2.23 bits per heavy atom. The van der Waals surface area contributed by atoms with E-state index in [0.717, 1.165) is 11.8 Å². The van der Waals surface area contributed by atoms with Crippen LogP contribution in [0.25, 0.3) is 0 Å². The van der Waals surface area contributed by atoms with Gasteiger partial charge in [-0.3, -0.25) is 0 Å². The number of rotatable bonds is 4. The number of hydrogen-bond acceptors (Lipinski definition) is 5. The molecule has 1 heterocycles. The standard InChI is InChI=1S/C22H20F3N5/c1-21(2,3)15-5-4-6-17(11-15)28-19-18(22(23,24)25)13-27-20(30-19)29-16-9-7-14(12-26)8-10-16/h4-11,13H,1-3H3,(H2,27,28,29,30). The molecule has 30 heavy (non-hydrogen) atoms. The van der Waals surface area contributed by atoms with Gasteiger partial charge >= 0.3 is 6.18 Å². The number of nitrogens with zero attached hydrogens (tertiary/aromatic N) is 3. The Labute approximate surface area is 172 Å². The molecule has 0 bridgehead atoms. The minimum Gasteiger partial charge on any atom is -0.340 e. The van der Waals surface area contributed by atoms with Gasteiger partial charge in [0.25, 0.3) is 0 Å². The Bertz CT molecular complexity index is 1080. The first kappa shape index (κ1) is 21.1. The van der Waals surface area contributed by atoms with Gasteiger partial charge < -0.3 is 10.6 Å². The van der Waals surface area contributed by atoms with Crippen LogP contribution in [0.3, 0.4) is 0 Å². The van der Waals surface area contributed by atoms with E-state index >= 15 is 0 Å². The maximum absolute atomic E-state index is 13.5. The minimum absolute atomic E-state index is 0.00202. The lowest BCUT2D eigenvalue weighted by atomic mass is 9.87. The van der Waals surface area contributed by atoms with Crippen LogP contribution in [0.1, 0.15) is 37.5 Å². The van der Waals surface area contributed by atoms with E-state index in [1.807, 2.05) is 32.9 Å². The molecule has 0 aliphatic rings. The number of hydrogen-bond donors (Lipinski definition) is 2. The van der Waals surface area contributed by atoms with Crippen molar-refractivity contribution in [2.24, 2.45) is 0 Å². The Morgan fingerprint density at radius 1 is 0.933 bits per heavy atom. The number of anilines is 4. The van der Waals surface area contributed by atoms with Gasteiger partial charge in [0.1, 0.15) is 11.4 Å². The van der Waals surface area contributed by atoms with Crippen LogP contribution in [0.5, 0.6) is 0 Å². The van der Waals surface area contributed by atoms with E-state index in [0.29, 0.717) is 16.9 Å². The van der Waals surface area contributed by atoms with Gasteiger partial charge in [-0.2, -0.15) is 23.4 Å². The topological polar surface area (TPSA) is 73.6 Å². The van der Waals surface area contributed by atoms with Crippen molar-refractivity contribution in [3.05, 3.63) is 71.4 Å². The van der Waals surface area contributed by atoms with Crippen molar-refractivity contribution in [2.75, 3.05) is 10.6 Å². The molecule has 0 aliphatic carbocycles. The first-order chi connectivity index (χ1) is 14.1. The number of nitriles is 1. The summed E-state index contributed by atoms with van der Waals surface area (Å²) in [7, 11) is 0. The Hall–Kier alpha value is -3.60. The maximum atomic E-state index is 13.5. The first-order valence-electron chi connectivity index (χ1n) is 9.15. The Kier molecular flexibility index (Phi) is 5.65. The average molecular weight is 411 g/mol. The van der Waals surface area contributed by atoms with E-state index in [1.54, 1.807) is 42.5 Å². The van der Waals surface area contributed by atoms with E-state index in [9.17, 15) is 13.2 Å². The molecule has 2 N–H and O–H groups in total. The molecule has 0 amide bonds. The lowest BCUT2D eigenvalue weighted by Gasteiger charge is -2.20. The van der Waals surface area contributed by atoms with Gasteiger partial charge in [0.05, 0.1) is 11.6 Å². The van der Waals surface area contributed by atoms with Gasteiger partial charge in [-0.15, -0.1) is 0 Å². The summed E-state index contributed by atoms with van der Waals surface area (Å²) < 4.78 is 40.5. The zero-order chi connectivity index (χ0) is 21.9. The van der Waals surface area contributed by atoms with Gasteiger partial charge in [-0.1, -0.05) is 32.9 Å². The molecular weight excluding hydrogens is 391 g/mol. The fraction of sp³-hybridized carbons (Fsp3) is 0.227. The van der Waals surface area contributed by atoms with Gasteiger partial charge in [0.15, 0.2) is 0 Å². The number of benzene rings is 2. The van der Waals surface area contributed by atoms with Crippen LogP contribution in [0.4, 0.5) is 36.3 Å². The Balaban J connectivity index is 1.95. The quantitative estimate of drug-likeness (QED) is 0.538. The molecule has 0 spiro atoms. The first-order valence-corrected chi connectivity index (χ1v) is 9.15. The molecule has 1 aromatic heterocycles. The SMILES string of the molecule is CC(C)(C)c1cccc(Nc2nc(Nc3ccc(C#N)cc3)ncc2C(F)(F)F)c1. The second kappa shape index (κ2) is 8.03. The predicted molar refractivity (Wildman–Crippen MR) is 110 cm³/mol. The fourth-order valence-corrected chi connectivity index (χ4v) is 2.70. The molecule has 3 rings (SSSR count). The van der Waals surface area contributed by atoms with Gasteiger partial charge in [0.2, 0.25) is 5.95 Å². The van der Waals surface area contributed by atoms with E-state index in [2.05, 4.69) is 20.6 Å².